The molecule has 0 aliphatic rings. The molecule has 0 rings (SSSR count). The molecule has 0 aromatic carbocycles. The lowest BCUT2D eigenvalue weighted by molar-refractivity contribution is -0.143. The van der Waals surface area contributed by atoms with Crippen LogP contribution in [0.15, 0.2) is 0 Å². The molecule has 30 heavy (non-hydrogen) atoms. The molecule has 4 unspecified atom stereocenters. The maximum atomic E-state index is 12.4. The Balaban J connectivity index is 4.92. The van der Waals surface area contributed by atoms with E-state index in [0.29, 0.717) is 25.8 Å². The number of amides is 4. The topological polar surface area (TPSA) is 220 Å². The number of primary amides is 1. The van der Waals surface area contributed by atoms with Gasteiger partial charge in [0.05, 0.1) is 12.5 Å². The van der Waals surface area contributed by atoms with Crippen LogP contribution in [0.3, 0.4) is 0 Å². The van der Waals surface area contributed by atoms with Crippen LogP contribution >= 0.6 is 25.3 Å². The van der Waals surface area contributed by atoms with Crippen LogP contribution in [0.2, 0.25) is 0 Å². The van der Waals surface area contributed by atoms with Gasteiger partial charge in [0.1, 0.15) is 18.1 Å². The maximum Gasteiger partial charge on any atom is 0.326 e. The molecule has 0 heterocycles. The fourth-order valence-corrected chi connectivity index (χ4v) is 2.77. The molecule has 0 fully saturated rings. The van der Waals surface area contributed by atoms with Gasteiger partial charge in [-0.25, -0.2) is 4.79 Å². The number of carboxylic acids is 1. The second-order valence-electron chi connectivity index (χ2n) is 6.45. The molecule has 0 aromatic heterocycles. The van der Waals surface area contributed by atoms with Crippen molar-refractivity contribution in [3.8, 4) is 0 Å². The molecular weight excluding hydrogens is 436 g/mol. The maximum absolute atomic E-state index is 12.4. The van der Waals surface area contributed by atoms with E-state index in [2.05, 4.69) is 41.2 Å². The third-order valence-corrected chi connectivity index (χ3v) is 4.69. The highest BCUT2D eigenvalue weighted by Crippen LogP contribution is 2.01. The van der Waals surface area contributed by atoms with Crippen LogP contribution in [0.4, 0.5) is 0 Å². The highest BCUT2D eigenvalue weighted by atomic mass is 32.1. The van der Waals surface area contributed by atoms with Crippen LogP contribution in [0, 0.1) is 0 Å². The molecule has 14 heteroatoms. The van der Waals surface area contributed by atoms with E-state index < -0.39 is 60.2 Å². The number of thiol groups is 2. The molecule has 0 aliphatic heterocycles. The zero-order valence-corrected chi connectivity index (χ0v) is 18.2. The number of rotatable bonds is 15. The largest absolute Gasteiger partial charge is 0.480 e. The van der Waals surface area contributed by atoms with E-state index in [1.165, 1.54) is 0 Å². The van der Waals surface area contributed by atoms with Gasteiger partial charge in [0, 0.05) is 11.5 Å². The van der Waals surface area contributed by atoms with Gasteiger partial charge in [-0.3, -0.25) is 19.2 Å². The number of unbranched alkanes of at least 4 members (excludes halogenated alkanes) is 1. The minimum atomic E-state index is -1.55. The number of carboxylic acid groups (broad SMARTS) is 1. The van der Waals surface area contributed by atoms with Crippen LogP contribution in [0.1, 0.15) is 25.7 Å². The van der Waals surface area contributed by atoms with Gasteiger partial charge in [0.2, 0.25) is 23.6 Å². The van der Waals surface area contributed by atoms with Gasteiger partial charge in [-0.05, 0) is 19.4 Å². The molecule has 12 nitrogen and oxygen atoms in total. The van der Waals surface area contributed by atoms with Crippen LogP contribution in [0.5, 0.6) is 0 Å². The molecule has 4 amide bonds. The molecule has 0 saturated carbocycles. The molecule has 0 aliphatic carbocycles. The van der Waals surface area contributed by atoms with Gasteiger partial charge in [0.25, 0.3) is 0 Å². The van der Waals surface area contributed by atoms with Gasteiger partial charge in [-0.15, -0.1) is 0 Å². The number of nitrogens with one attached hydrogen (secondary N) is 3. The van der Waals surface area contributed by atoms with Crippen molar-refractivity contribution in [2.24, 2.45) is 17.2 Å². The summed E-state index contributed by atoms with van der Waals surface area (Å²) in [6.07, 6.45) is 1.14. The smallest absolute Gasteiger partial charge is 0.326 e. The lowest BCUT2D eigenvalue weighted by Crippen LogP contribution is -2.58. The van der Waals surface area contributed by atoms with E-state index in [-0.39, 0.29) is 11.5 Å². The summed E-state index contributed by atoms with van der Waals surface area (Å²) in [7, 11) is 0. The summed E-state index contributed by atoms with van der Waals surface area (Å²) in [6, 6.07) is -4.70. The SMILES string of the molecule is NCCCCC(N)C(=O)NC(CS)C(=O)NC(CS)C(=O)NC(CC(N)=O)C(=O)O. The first kappa shape index (κ1) is 28.0. The Labute approximate surface area is 185 Å². The second-order valence-corrected chi connectivity index (χ2v) is 7.18. The Morgan fingerprint density at radius 2 is 1.30 bits per heavy atom. The first-order valence-electron chi connectivity index (χ1n) is 9.16. The molecule has 0 radical (unpaired) electrons. The molecule has 0 spiro atoms. The lowest BCUT2D eigenvalue weighted by Gasteiger charge is -2.23. The molecule has 4 atom stereocenters. The van der Waals surface area contributed by atoms with Crippen molar-refractivity contribution < 1.29 is 29.1 Å². The van der Waals surface area contributed by atoms with Crippen LogP contribution < -0.4 is 33.2 Å². The fraction of sp³-hybridized carbons (Fsp3) is 0.688. The third kappa shape index (κ3) is 10.7. The Hall–Kier alpha value is -2.03. The highest BCUT2D eigenvalue weighted by molar-refractivity contribution is 7.80. The number of nitrogens with two attached hydrogens (primary N) is 3. The van der Waals surface area contributed by atoms with Gasteiger partial charge in [-0.2, -0.15) is 25.3 Å². The standard InChI is InChI=1S/C16H30N6O6S2/c17-4-2-1-3-8(18)13(24)21-10(6-29)15(26)22-11(7-30)14(25)20-9(16(27)28)5-12(19)23/h8-11,29-30H,1-7,17-18H2,(H2,19,23)(H,20,25)(H,21,24)(H,22,26)(H,27,28). The summed E-state index contributed by atoms with van der Waals surface area (Å²) in [5.74, 6) is -4.80. The number of hydrogen-bond donors (Lipinski definition) is 9. The molecular formula is C16H30N6O6S2. The highest BCUT2D eigenvalue weighted by Gasteiger charge is 2.29. The molecule has 172 valence electrons. The predicted molar refractivity (Wildman–Crippen MR) is 116 cm³/mol. The summed E-state index contributed by atoms with van der Waals surface area (Å²) in [5.41, 5.74) is 16.1. The Bertz CT molecular complexity index is 623. The van der Waals surface area contributed by atoms with Crippen molar-refractivity contribution in [1.82, 2.24) is 16.0 Å². The van der Waals surface area contributed by atoms with E-state index in [9.17, 15) is 24.0 Å². The van der Waals surface area contributed by atoms with Crippen molar-refractivity contribution in [3.63, 3.8) is 0 Å². The monoisotopic (exact) mass is 466 g/mol. The number of carbonyl (C=O) groups is 5. The van der Waals surface area contributed by atoms with Crippen LogP contribution in [-0.2, 0) is 24.0 Å². The molecule has 0 aromatic rings. The van der Waals surface area contributed by atoms with Crippen molar-refractivity contribution in [2.75, 3.05) is 18.1 Å². The number of aliphatic carboxylic acids is 1. The summed E-state index contributed by atoms with van der Waals surface area (Å²) in [4.78, 5) is 58.9. The van der Waals surface area contributed by atoms with Gasteiger partial charge >= 0.3 is 5.97 Å². The first-order chi connectivity index (χ1) is 14.1. The average molecular weight is 467 g/mol. The van der Waals surface area contributed by atoms with E-state index in [1.807, 2.05) is 0 Å². The first-order valence-corrected chi connectivity index (χ1v) is 10.4. The Kier molecular flexibility index (Phi) is 13.9. The predicted octanol–water partition coefficient (Wildman–Crippen LogP) is -3.28. The van der Waals surface area contributed by atoms with E-state index in [0.717, 1.165) is 0 Å². The van der Waals surface area contributed by atoms with Gasteiger partial charge < -0.3 is 38.3 Å². The molecule has 0 bridgehead atoms. The van der Waals surface area contributed by atoms with E-state index in [4.69, 9.17) is 22.3 Å². The number of carbonyl (C=O) groups excluding carboxylic acids is 4. The number of hydrogen-bond acceptors (Lipinski definition) is 9. The van der Waals surface area contributed by atoms with Gasteiger partial charge in [0.15, 0.2) is 0 Å². The average Bonchev–Trinajstić information content (AvgIpc) is 2.68. The van der Waals surface area contributed by atoms with Crippen LogP contribution in [-0.4, -0.2) is 76.9 Å². The second kappa shape index (κ2) is 14.9. The zero-order chi connectivity index (χ0) is 23.3. The molecule has 0 saturated heterocycles. The normalized spacial score (nSPS) is 14.7. The van der Waals surface area contributed by atoms with E-state index >= 15 is 0 Å². The quantitative estimate of drug-likeness (QED) is 0.0877. The van der Waals surface area contributed by atoms with E-state index in [1.54, 1.807) is 0 Å². The van der Waals surface area contributed by atoms with Crippen LogP contribution in [0.25, 0.3) is 0 Å². The summed E-state index contributed by atoms with van der Waals surface area (Å²) in [6.45, 7) is 0.478. The van der Waals surface area contributed by atoms with Crippen molar-refractivity contribution >= 4 is 54.9 Å². The minimum Gasteiger partial charge on any atom is -0.480 e. The summed E-state index contributed by atoms with van der Waals surface area (Å²) < 4.78 is 0. The lowest BCUT2D eigenvalue weighted by atomic mass is 10.1. The molecule has 10 N–H and O–H groups in total. The summed E-state index contributed by atoms with van der Waals surface area (Å²) >= 11 is 8.00. The minimum absolute atomic E-state index is 0.0760. The summed E-state index contributed by atoms with van der Waals surface area (Å²) in [5, 5.41) is 16.0. The zero-order valence-electron chi connectivity index (χ0n) is 16.4. The van der Waals surface area contributed by atoms with Crippen molar-refractivity contribution in [1.29, 1.82) is 0 Å². The van der Waals surface area contributed by atoms with Gasteiger partial charge in [-0.1, -0.05) is 6.42 Å². The fourth-order valence-electron chi connectivity index (χ4n) is 2.25. The Morgan fingerprint density at radius 3 is 1.70 bits per heavy atom. The van der Waals surface area contributed by atoms with Crippen molar-refractivity contribution in [3.05, 3.63) is 0 Å². The third-order valence-electron chi connectivity index (χ3n) is 3.96. The van der Waals surface area contributed by atoms with Crippen molar-refractivity contribution in [2.45, 2.75) is 49.9 Å². The Morgan fingerprint density at radius 1 is 0.833 bits per heavy atom.